The van der Waals surface area contributed by atoms with Gasteiger partial charge in [-0.15, -0.1) is 0 Å². The van der Waals surface area contributed by atoms with E-state index in [1.807, 2.05) is 12.1 Å². The fourth-order valence-corrected chi connectivity index (χ4v) is 9.61. The molecule has 1 saturated heterocycles. The average molecular weight is 909 g/mol. The van der Waals surface area contributed by atoms with Crippen molar-refractivity contribution in [3.63, 3.8) is 0 Å². The topological polar surface area (TPSA) is 98.8 Å². The number of esters is 1. The smallest absolute Gasteiger partial charge is 0.309 e. The highest BCUT2D eigenvalue weighted by Gasteiger charge is 2.39. The Balaban J connectivity index is 1.35. The Morgan fingerprint density at radius 1 is 0.646 bits per heavy atom. The van der Waals surface area contributed by atoms with E-state index in [-0.39, 0.29) is 23.9 Å². The van der Waals surface area contributed by atoms with Crippen LogP contribution in [0.3, 0.4) is 0 Å². The Morgan fingerprint density at radius 2 is 1.22 bits per heavy atom. The van der Waals surface area contributed by atoms with E-state index < -0.39 is 0 Å². The van der Waals surface area contributed by atoms with Gasteiger partial charge in [0.2, 0.25) is 0 Å². The van der Waals surface area contributed by atoms with Crippen LogP contribution < -0.4 is 18.9 Å². The number of unbranched alkanes of at least 4 members (excludes halogenated alkanes) is 1. The summed E-state index contributed by atoms with van der Waals surface area (Å²) in [5.74, 6) is 7.16. The van der Waals surface area contributed by atoms with Crippen LogP contribution in [0.4, 0.5) is 0 Å². The van der Waals surface area contributed by atoms with Gasteiger partial charge in [-0.3, -0.25) is 9.59 Å². The number of Topliss-reactive ketones (excluding diaryl/α,β-unsaturated/α-hetero) is 1. The molecular formula is C56H92O9. The summed E-state index contributed by atoms with van der Waals surface area (Å²) in [7, 11) is 5.08. The molecule has 9 heteroatoms. The number of carbonyl (C=O) groups excluding carboxylic acids is 2. The van der Waals surface area contributed by atoms with Crippen molar-refractivity contribution in [1.82, 2.24) is 0 Å². The van der Waals surface area contributed by atoms with E-state index in [0.29, 0.717) is 79.6 Å². The van der Waals surface area contributed by atoms with Gasteiger partial charge in [0.15, 0.2) is 23.0 Å². The van der Waals surface area contributed by atoms with Crippen molar-refractivity contribution in [3.05, 3.63) is 47.5 Å². The van der Waals surface area contributed by atoms with Gasteiger partial charge in [0.1, 0.15) is 11.9 Å². The fraction of sp³-hybridized carbons (Fsp3) is 0.750. The average Bonchev–Trinajstić information content (AvgIpc) is 3.67. The summed E-state index contributed by atoms with van der Waals surface area (Å²) >= 11 is 0. The van der Waals surface area contributed by atoms with Crippen molar-refractivity contribution in [2.45, 2.75) is 159 Å². The molecule has 0 amide bonds. The molecule has 0 N–H and O–H groups in total. The van der Waals surface area contributed by atoms with Crippen LogP contribution in [0.2, 0.25) is 0 Å². The Labute approximate surface area is 396 Å². The zero-order valence-corrected chi connectivity index (χ0v) is 43.2. The Bertz CT molecular complexity index is 1640. The highest BCUT2D eigenvalue weighted by Crippen LogP contribution is 2.37. The van der Waals surface area contributed by atoms with E-state index in [4.69, 9.17) is 33.2 Å². The van der Waals surface area contributed by atoms with Gasteiger partial charge in [0.25, 0.3) is 0 Å². The van der Waals surface area contributed by atoms with E-state index in [1.54, 1.807) is 28.3 Å². The molecule has 2 aromatic rings. The maximum absolute atomic E-state index is 12.8. The van der Waals surface area contributed by atoms with Gasteiger partial charge in [-0.1, -0.05) is 93.7 Å². The van der Waals surface area contributed by atoms with Crippen LogP contribution in [0.1, 0.15) is 151 Å². The van der Waals surface area contributed by atoms with Gasteiger partial charge in [0, 0.05) is 45.7 Å². The molecule has 1 aliphatic heterocycles. The number of ketones is 1. The minimum Gasteiger partial charge on any atom is -0.493 e. The summed E-state index contributed by atoms with van der Waals surface area (Å²) in [6, 6.07) is 12.6. The molecule has 9 nitrogen and oxygen atoms in total. The zero-order chi connectivity index (χ0) is 47.9. The predicted molar refractivity (Wildman–Crippen MR) is 264 cm³/mol. The molecule has 0 spiro atoms. The maximum atomic E-state index is 12.8. The molecule has 0 bridgehead atoms. The molecule has 0 radical (unpaired) electrons. The number of benzene rings is 2. The number of carbonyl (C=O) groups is 2. The summed E-state index contributed by atoms with van der Waals surface area (Å²) in [4.78, 5) is 25.3. The molecule has 2 aromatic carbocycles. The van der Waals surface area contributed by atoms with Crippen LogP contribution in [0.15, 0.2) is 36.4 Å². The van der Waals surface area contributed by atoms with Crippen molar-refractivity contribution < 1.29 is 42.7 Å². The minimum absolute atomic E-state index is 0.00617. The maximum Gasteiger partial charge on any atom is 0.309 e. The minimum atomic E-state index is -0.0256. The molecule has 370 valence electrons. The number of rotatable bonds is 35. The lowest BCUT2D eigenvalue weighted by atomic mass is 9.79. The van der Waals surface area contributed by atoms with Gasteiger partial charge in [-0.25, -0.2) is 0 Å². The highest BCUT2D eigenvalue weighted by molar-refractivity contribution is 5.78. The van der Waals surface area contributed by atoms with Gasteiger partial charge >= 0.3 is 5.97 Å². The number of cyclic esters (lactones) is 1. The van der Waals surface area contributed by atoms with Gasteiger partial charge < -0.3 is 33.2 Å². The predicted octanol–water partition coefficient (Wildman–Crippen LogP) is 13.1. The van der Waals surface area contributed by atoms with E-state index in [1.165, 1.54) is 11.1 Å². The molecule has 1 fully saturated rings. The van der Waals surface area contributed by atoms with Crippen LogP contribution in [0.5, 0.6) is 23.0 Å². The van der Waals surface area contributed by atoms with E-state index in [9.17, 15) is 9.59 Å². The van der Waals surface area contributed by atoms with Crippen molar-refractivity contribution in [1.29, 1.82) is 0 Å². The summed E-state index contributed by atoms with van der Waals surface area (Å²) in [6.07, 6.45) is 12.9. The largest absolute Gasteiger partial charge is 0.493 e. The lowest BCUT2D eigenvalue weighted by Crippen LogP contribution is -2.24. The summed E-state index contributed by atoms with van der Waals surface area (Å²) in [5, 5.41) is 0. The highest BCUT2D eigenvalue weighted by atomic mass is 16.6. The number of hydrogen-bond acceptors (Lipinski definition) is 9. The van der Waals surface area contributed by atoms with Gasteiger partial charge in [0.05, 0.1) is 33.4 Å². The number of methoxy groups -OCH3 is 3. The van der Waals surface area contributed by atoms with Gasteiger partial charge in [-0.05, 0) is 141 Å². The molecule has 3 rings (SSSR count). The zero-order valence-electron chi connectivity index (χ0n) is 43.2. The first-order chi connectivity index (χ1) is 31.1. The van der Waals surface area contributed by atoms with E-state index in [2.05, 4.69) is 86.6 Å². The van der Waals surface area contributed by atoms with Crippen molar-refractivity contribution in [2.75, 3.05) is 54.4 Å². The molecule has 1 aliphatic rings. The van der Waals surface area contributed by atoms with Crippen LogP contribution in [0, 0.1) is 59.2 Å². The second kappa shape index (κ2) is 30.2. The third-order valence-corrected chi connectivity index (χ3v) is 14.4. The second-order valence-electron chi connectivity index (χ2n) is 20.6. The molecule has 8 unspecified atom stereocenters. The molecule has 0 aromatic heterocycles. The van der Waals surface area contributed by atoms with Crippen LogP contribution in [0.25, 0.3) is 0 Å². The SMILES string of the molecule is COCCCOc1cc(CC(CCCCC(C(C)=O)C(C)CCC(C)CCOCCCOc2cc(CC(CC(C)C3CC(C(C)C)C(=O)O3)C(C)C)ccc2OC)C(C)C)ccc1OC. The summed E-state index contributed by atoms with van der Waals surface area (Å²) in [6.45, 7) is 25.3. The Morgan fingerprint density at radius 3 is 1.74 bits per heavy atom. The van der Waals surface area contributed by atoms with Gasteiger partial charge in [-0.2, -0.15) is 0 Å². The van der Waals surface area contributed by atoms with E-state index in [0.717, 1.165) is 113 Å². The third kappa shape index (κ3) is 19.8. The second-order valence-corrected chi connectivity index (χ2v) is 20.6. The standard InChI is InChI=1S/C56H92O9/c1-38(2)47(33-45-22-24-51(60-12)54(35-45)63-29-16-27-59-11)18-14-15-19-49(44(10)57)42(8)21-20-41(7)26-31-62-28-17-30-64-55-36-46(23-25-52(55)61-13)34-48(39(3)4)32-43(9)53-37-50(40(5)6)56(58)65-53/h22-25,35-36,38-43,47-50,53H,14-21,26-34,37H2,1-13H3. The van der Waals surface area contributed by atoms with Crippen molar-refractivity contribution in [2.24, 2.45) is 59.2 Å². The molecule has 1 heterocycles. The lowest BCUT2D eigenvalue weighted by Gasteiger charge is -2.27. The fourth-order valence-electron chi connectivity index (χ4n) is 9.61. The Hall–Kier alpha value is -3.30. The molecule has 8 atom stereocenters. The molecule has 0 saturated carbocycles. The first-order valence-electron chi connectivity index (χ1n) is 25.4. The molecular weight excluding hydrogens is 817 g/mol. The van der Waals surface area contributed by atoms with Crippen LogP contribution >= 0.6 is 0 Å². The first kappa shape index (κ1) is 56.0. The molecule has 0 aliphatic carbocycles. The monoisotopic (exact) mass is 909 g/mol. The Kier molecular flexibility index (Phi) is 26.0. The molecule has 65 heavy (non-hydrogen) atoms. The quantitative estimate of drug-likeness (QED) is 0.0494. The third-order valence-electron chi connectivity index (χ3n) is 14.4. The van der Waals surface area contributed by atoms with Crippen LogP contribution in [-0.2, 0) is 36.6 Å². The van der Waals surface area contributed by atoms with Crippen LogP contribution in [-0.4, -0.2) is 72.2 Å². The van der Waals surface area contributed by atoms with Crippen molar-refractivity contribution >= 4 is 11.8 Å². The lowest BCUT2D eigenvalue weighted by molar-refractivity contribution is -0.146. The number of hydrogen-bond donors (Lipinski definition) is 0. The summed E-state index contributed by atoms with van der Waals surface area (Å²) < 4.78 is 40.6. The number of ether oxygens (including phenoxy) is 7. The van der Waals surface area contributed by atoms with E-state index >= 15 is 0 Å². The summed E-state index contributed by atoms with van der Waals surface area (Å²) in [5.41, 5.74) is 2.51. The first-order valence-corrected chi connectivity index (χ1v) is 25.4. The van der Waals surface area contributed by atoms with Crippen molar-refractivity contribution in [3.8, 4) is 23.0 Å². The normalized spacial score (nSPS) is 18.1.